The van der Waals surface area contributed by atoms with Gasteiger partial charge in [-0.3, -0.25) is 10.1 Å². The lowest BCUT2D eigenvalue weighted by Gasteiger charge is -2.09. The molecule has 2 aromatic rings. The molecule has 0 heterocycles. The first kappa shape index (κ1) is 16.8. The van der Waals surface area contributed by atoms with Crippen LogP contribution >= 0.6 is 0 Å². The Kier molecular flexibility index (Phi) is 4.96. The number of methoxy groups -OCH3 is 2. The van der Waals surface area contributed by atoms with Crippen LogP contribution in [0.15, 0.2) is 36.4 Å². The summed E-state index contributed by atoms with van der Waals surface area (Å²) in [6.45, 7) is 0. The molecule has 0 saturated heterocycles. The zero-order valence-corrected chi connectivity index (χ0v) is 12.8. The van der Waals surface area contributed by atoms with Gasteiger partial charge in [-0.05, 0) is 24.3 Å². The maximum atomic E-state index is 12.2. The van der Waals surface area contributed by atoms with Gasteiger partial charge in [-0.25, -0.2) is 4.79 Å². The van der Waals surface area contributed by atoms with Crippen LogP contribution in [0.1, 0.15) is 15.9 Å². The van der Waals surface area contributed by atoms with Crippen molar-refractivity contribution in [3.05, 3.63) is 57.6 Å². The van der Waals surface area contributed by atoms with E-state index in [-0.39, 0.29) is 28.5 Å². The average Bonchev–Trinajstić information content (AvgIpc) is 2.61. The predicted molar refractivity (Wildman–Crippen MR) is 82.3 cm³/mol. The molecule has 0 amide bonds. The second-order valence-electron chi connectivity index (χ2n) is 4.51. The zero-order valence-electron chi connectivity index (χ0n) is 12.8. The number of nitriles is 1. The summed E-state index contributed by atoms with van der Waals surface area (Å²) in [5.74, 6) is -0.471. The number of hydrogen-bond acceptors (Lipinski definition) is 7. The molecule has 2 rings (SSSR count). The Hall–Kier alpha value is -3.60. The van der Waals surface area contributed by atoms with Crippen molar-refractivity contribution in [2.45, 2.75) is 0 Å². The summed E-state index contributed by atoms with van der Waals surface area (Å²) in [7, 11) is 2.66. The predicted octanol–water partition coefficient (Wildman–Crippen LogP) is 2.70. The van der Waals surface area contributed by atoms with E-state index in [1.54, 1.807) is 0 Å². The number of rotatable bonds is 5. The lowest BCUT2D eigenvalue weighted by molar-refractivity contribution is -0.385. The smallest absolute Gasteiger partial charge is 0.343 e. The molecule has 0 atom stereocenters. The van der Waals surface area contributed by atoms with Crippen LogP contribution in [0.3, 0.4) is 0 Å². The number of esters is 1. The number of nitro benzene ring substituents is 1. The summed E-state index contributed by atoms with van der Waals surface area (Å²) < 4.78 is 15.1. The fraction of sp³-hybridized carbons (Fsp3) is 0.125. The number of nitro groups is 1. The van der Waals surface area contributed by atoms with Gasteiger partial charge in [0.2, 0.25) is 0 Å². The van der Waals surface area contributed by atoms with Crippen molar-refractivity contribution >= 4 is 11.7 Å². The highest BCUT2D eigenvalue weighted by molar-refractivity contribution is 5.92. The first-order valence-corrected chi connectivity index (χ1v) is 6.63. The second kappa shape index (κ2) is 7.11. The van der Waals surface area contributed by atoms with Crippen molar-refractivity contribution in [3.8, 4) is 23.3 Å². The minimum Gasteiger partial charge on any atom is -0.493 e. The van der Waals surface area contributed by atoms with E-state index in [0.717, 1.165) is 6.07 Å². The molecular formula is C16H12N2O6. The fourth-order valence-electron chi connectivity index (χ4n) is 1.94. The maximum absolute atomic E-state index is 12.2. The molecule has 0 unspecified atom stereocenters. The monoisotopic (exact) mass is 328 g/mol. The van der Waals surface area contributed by atoms with E-state index in [9.17, 15) is 14.9 Å². The van der Waals surface area contributed by atoms with Crippen LogP contribution < -0.4 is 14.2 Å². The Morgan fingerprint density at radius 3 is 2.33 bits per heavy atom. The Morgan fingerprint density at radius 2 is 1.75 bits per heavy atom. The molecule has 0 radical (unpaired) electrons. The van der Waals surface area contributed by atoms with E-state index in [2.05, 4.69) is 0 Å². The summed E-state index contributed by atoms with van der Waals surface area (Å²) in [5, 5.41) is 19.9. The first-order valence-electron chi connectivity index (χ1n) is 6.63. The van der Waals surface area contributed by atoms with Crippen LogP contribution in [0.25, 0.3) is 0 Å². The summed E-state index contributed by atoms with van der Waals surface area (Å²) in [5.41, 5.74) is -0.0283. The second-order valence-corrected chi connectivity index (χ2v) is 4.51. The van der Waals surface area contributed by atoms with Gasteiger partial charge in [0.05, 0.1) is 36.3 Å². The number of nitrogens with zero attached hydrogens (tertiary/aromatic N) is 2. The summed E-state index contributed by atoms with van der Waals surface area (Å²) in [6, 6.07) is 9.95. The van der Waals surface area contributed by atoms with Crippen LogP contribution in [-0.2, 0) is 0 Å². The highest BCUT2D eigenvalue weighted by Crippen LogP contribution is 2.31. The van der Waals surface area contributed by atoms with E-state index in [0.29, 0.717) is 5.56 Å². The van der Waals surface area contributed by atoms with E-state index in [4.69, 9.17) is 19.5 Å². The van der Waals surface area contributed by atoms with E-state index >= 15 is 0 Å². The standard InChI is InChI=1S/C16H12N2O6/c1-22-13-6-4-11(8-12(13)18(20)21)16(19)24-14-5-3-10(9-17)7-15(14)23-2/h3-8H,1-2H3. The Bertz CT molecular complexity index is 841. The molecule has 0 N–H and O–H groups in total. The molecule has 0 bridgehead atoms. The molecule has 122 valence electrons. The molecule has 8 heteroatoms. The van der Waals surface area contributed by atoms with Gasteiger partial charge in [-0.1, -0.05) is 0 Å². The van der Waals surface area contributed by atoms with E-state index in [1.807, 2.05) is 6.07 Å². The van der Waals surface area contributed by atoms with Gasteiger partial charge < -0.3 is 14.2 Å². The molecule has 8 nitrogen and oxygen atoms in total. The van der Waals surface area contributed by atoms with Crippen LogP contribution in [-0.4, -0.2) is 25.1 Å². The SMILES string of the molecule is COc1cc(C#N)ccc1OC(=O)c1ccc(OC)c([N+](=O)[O-])c1. The lowest BCUT2D eigenvalue weighted by atomic mass is 10.2. The van der Waals surface area contributed by atoms with Crippen LogP contribution in [0.2, 0.25) is 0 Å². The van der Waals surface area contributed by atoms with Gasteiger partial charge >= 0.3 is 11.7 Å². The molecule has 0 aromatic heterocycles. The summed E-state index contributed by atoms with van der Waals surface area (Å²) in [4.78, 5) is 22.6. The maximum Gasteiger partial charge on any atom is 0.343 e. The molecule has 2 aromatic carbocycles. The van der Waals surface area contributed by atoms with Crippen LogP contribution in [0, 0.1) is 21.4 Å². The minimum absolute atomic E-state index is 0.0195. The van der Waals surface area contributed by atoms with Crippen molar-refractivity contribution in [2.75, 3.05) is 14.2 Å². The van der Waals surface area contributed by atoms with Crippen molar-refractivity contribution in [1.82, 2.24) is 0 Å². The largest absolute Gasteiger partial charge is 0.493 e. The third-order valence-corrected chi connectivity index (χ3v) is 3.11. The molecule has 0 aliphatic carbocycles. The van der Waals surface area contributed by atoms with Crippen molar-refractivity contribution < 1.29 is 23.9 Å². The number of ether oxygens (including phenoxy) is 3. The van der Waals surface area contributed by atoms with Crippen molar-refractivity contribution in [3.63, 3.8) is 0 Å². The molecule has 0 aliphatic heterocycles. The quantitative estimate of drug-likeness (QED) is 0.359. The van der Waals surface area contributed by atoms with Gasteiger partial charge in [0.25, 0.3) is 0 Å². The van der Waals surface area contributed by atoms with Crippen LogP contribution in [0.4, 0.5) is 5.69 Å². The van der Waals surface area contributed by atoms with Crippen molar-refractivity contribution in [1.29, 1.82) is 5.26 Å². The topological polar surface area (TPSA) is 112 Å². The van der Waals surface area contributed by atoms with E-state index < -0.39 is 10.9 Å². The normalized spacial score (nSPS) is 9.71. The number of carbonyl (C=O) groups excluding carboxylic acids is 1. The number of carbonyl (C=O) groups is 1. The number of benzene rings is 2. The summed E-state index contributed by atoms with van der Waals surface area (Å²) >= 11 is 0. The van der Waals surface area contributed by atoms with Gasteiger partial charge in [0.15, 0.2) is 17.2 Å². The van der Waals surface area contributed by atoms with Gasteiger partial charge in [-0.15, -0.1) is 0 Å². The lowest BCUT2D eigenvalue weighted by Crippen LogP contribution is -2.10. The highest BCUT2D eigenvalue weighted by atomic mass is 16.6. The van der Waals surface area contributed by atoms with Gasteiger partial charge in [-0.2, -0.15) is 5.26 Å². The molecule has 24 heavy (non-hydrogen) atoms. The average molecular weight is 328 g/mol. The highest BCUT2D eigenvalue weighted by Gasteiger charge is 2.20. The third kappa shape index (κ3) is 3.41. The molecule has 0 aliphatic rings. The number of hydrogen-bond donors (Lipinski definition) is 0. The first-order chi connectivity index (χ1) is 11.5. The van der Waals surface area contributed by atoms with Crippen molar-refractivity contribution in [2.24, 2.45) is 0 Å². The fourth-order valence-corrected chi connectivity index (χ4v) is 1.94. The minimum atomic E-state index is -0.802. The van der Waals surface area contributed by atoms with Gasteiger partial charge in [0, 0.05) is 12.1 Å². The molecule has 0 spiro atoms. The Balaban J connectivity index is 2.32. The Morgan fingerprint density at radius 1 is 1.08 bits per heavy atom. The molecule has 0 saturated carbocycles. The van der Waals surface area contributed by atoms with Gasteiger partial charge in [0.1, 0.15) is 0 Å². The zero-order chi connectivity index (χ0) is 17.7. The van der Waals surface area contributed by atoms with E-state index in [1.165, 1.54) is 44.6 Å². The third-order valence-electron chi connectivity index (χ3n) is 3.11. The molecule has 0 fully saturated rings. The Labute approximate surface area is 136 Å². The summed E-state index contributed by atoms with van der Waals surface area (Å²) in [6.07, 6.45) is 0. The van der Waals surface area contributed by atoms with Crippen LogP contribution in [0.5, 0.6) is 17.2 Å². The molecular weight excluding hydrogens is 316 g/mol.